The van der Waals surface area contributed by atoms with E-state index in [4.69, 9.17) is 0 Å². The number of amides is 2. The number of carbonyl (C=O) groups is 2. The molecule has 1 saturated heterocycles. The first-order valence-corrected chi connectivity index (χ1v) is 10.4. The van der Waals surface area contributed by atoms with Crippen LogP contribution in [0.15, 0.2) is 29.6 Å². The van der Waals surface area contributed by atoms with Gasteiger partial charge in [0.2, 0.25) is 17.8 Å². The number of benzene rings is 1. The lowest BCUT2D eigenvalue weighted by atomic mass is 10.1. The minimum atomic E-state index is -0.609. The van der Waals surface area contributed by atoms with Gasteiger partial charge in [-0.1, -0.05) is 12.1 Å². The molecule has 0 spiro atoms. The number of rotatable bonds is 6. The van der Waals surface area contributed by atoms with Crippen LogP contribution in [0.5, 0.6) is 0 Å². The average molecular weight is 429 g/mol. The van der Waals surface area contributed by atoms with Crippen LogP contribution in [-0.4, -0.2) is 45.1 Å². The lowest BCUT2D eigenvalue weighted by molar-refractivity contribution is -0.115. The van der Waals surface area contributed by atoms with Gasteiger partial charge in [0.1, 0.15) is 5.82 Å². The Hall–Kier alpha value is -3.34. The number of carbonyl (C=O) groups excluding carboxylic acids is 2. The fourth-order valence-corrected chi connectivity index (χ4v) is 3.85. The molecule has 2 aromatic heterocycles. The Labute approximate surface area is 175 Å². The molecule has 1 aliphatic rings. The predicted molar refractivity (Wildman–Crippen MR) is 111 cm³/mol. The summed E-state index contributed by atoms with van der Waals surface area (Å²) in [4.78, 5) is 35.1. The van der Waals surface area contributed by atoms with Gasteiger partial charge in [-0.15, -0.1) is 16.4 Å². The molecule has 3 N–H and O–H groups in total. The third kappa shape index (κ3) is 4.79. The van der Waals surface area contributed by atoms with Crippen LogP contribution < -0.4 is 15.5 Å². The van der Waals surface area contributed by atoms with Crippen molar-refractivity contribution in [2.75, 3.05) is 28.6 Å². The van der Waals surface area contributed by atoms with Crippen LogP contribution in [0, 0.1) is 5.82 Å². The summed E-state index contributed by atoms with van der Waals surface area (Å²) in [5.41, 5.74) is 0.416. The zero-order valence-corrected chi connectivity index (χ0v) is 16.8. The average Bonchev–Trinajstić information content (AvgIpc) is 3.38. The maximum Gasteiger partial charge on any atom is 0.260 e. The molecule has 156 valence electrons. The molecule has 3 heterocycles. The highest BCUT2D eigenvalue weighted by Gasteiger charge is 2.17. The summed E-state index contributed by atoms with van der Waals surface area (Å²) in [7, 11) is 0. The van der Waals surface area contributed by atoms with E-state index in [1.807, 2.05) is 0 Å². The van der Waals surface area contributed by atoms with E-state index in [9.17, 15) is 14.0 Å². The molecule has 1 aliphatic heterocycles. The van der Waals surface area contributed by atoms with E-state index in [0.29, 0.717) is 11.6 Å². The van der Waals surface area contributed by atoms with Gasteiger partial charge >= 0.3 is 0 Å². The summed E-state index contributed by atoms with van der Waals surface area (Å²) in [6, 6.07) is 5.70. The molecule has 9 nitrogen and oxygen atoms in total. The largest absolute Gasteiger partial charge is 0.340 e. The molecular weight excluding hydrogens is 409 g/mol. The highest BCUT2D eigenvalue weighted by atomic mass is 32.1. The number of hydrogen-bond donors (Lipinski definition) is 3. The number of anilines is 3. The van der Waals surface area contributed by atoms with Crippen molar-refractivity contribution in [3.05, 3.63) is 46.7 Å². The Kier molecular flexibility index (Phi) is 5.98. The van der Waals surface area contributed by atoms with Crippen molar-refractivity contribution in [1.82, 2.24) is 20.2 Å². The van der Waals surface area contributed by atoms with Gasteiger partial charge in [0.25, 0.3) is 5.91 Å². The second-order valence-corrected chi connectivity index (χ2v) is 7.69. The number of H-pyrrole nitrogens is 1. The predicted octanol–water partition coefficient (Wildman–Crippen LogP) is 2.82. The molecule has 11 heteroatoms. The summed E-state index contributed by atoms with van der Waals surface area (Å²) in [5, 5.41) is 14.0. The Bertz CT molecular complexity index is 1040. The molecule has 0 saturated carbocycles. The summed E-state index contributed by atoms with van der Waals surface area (Å²) >= 11 is 1.16. The van der Waals surface area contributed by atoms with E-state index in [0.717, 1.165) is 37.3 Å². The number of aromatic amines is 1. The molecular formula is C19H20FN7O2S. The summed E-state index contributed by atoms with van der Waals surface area (Å²) in [5.74, 6) is -0.651. The molecule has 1 aromatic carbocycles. The van der Waals surface area contributed by atoms with E-state index in [1.165, 1.54) is 24.6 Å². The number of nitrogens with one attached hydrogen (secondary N) is 3. The molecule has 3 aromatic rings. The standard InChI is InChI=1S/C19H20FN7O2S/c20-14-7-3-2-6-13(14)16(29)23-19-21-12(11-30-19)10-15(28)22-17-24-18(26-25-17)27-8-4-1-5-9-27/h2-3,6-7,11H,1,4-5,8-10H2,(H,21,23,29)(H2,22,24,25,26,28). The van der Waals surface area contributed by atoms with E-state index < -0.39 is 11.7 Å². The van der Waals surface area contributed by atoms with E-state index >= 15 is 0 Å². The van der Waals surface area contributed by atoms with Crippen LogP contribution in [0.4, 0.5) is 21.4 Å². The molecule has 4 rings (SSSR count). The number of halogens is 1. The minimum absolute atomic E-state index is 0.00577. The van der Waals surface area contributed by atoms with Crippen molar-refractivity contribution < 1.29 is 14.0 Å². The van der Waals surface area contributed by atoms with Gasteiger partial charge in [-0.25, -0.2) is 14.5 Å². The molecule has 0 atom stereocenters. The molecule has 1 fully saturated rings. The van der Waals surface area contributed by atoms with Crippen molar-refractivity contribution in [3.63, 3.8) is 0 Å². The van der Waals surface area contributed by atoms with Gasteiger partial charge < -0.3 is 4.90 Å². The fraction of sp³-hybridized carbons (Fsp3) is 0.316. The Morgan fingerprint density at radius 3 is 2.73 bits per heavy atom. The summed E-state index contributed by atoms with van der Waals surface area (Å²) < 4.78 is 13.7. The highest BCUT2D eigenvalue weighted by Crippen LogP contribution is 2.19. The molecule has 0 aliphatic carbocycles. The normalized spacial score (nSPS) is 13.8. The maximum absolute atomic E-state index is 13.7. The van der Waals surface area contributed by atoms with Crippen LogP contribution >= 0.6 is 11.3 Å². The van der Waals surface area contributed by atoms with Crippen LogP contribution in [-0.2, 0) is 11.2 Å². The molecule has 0 radical (unpaired) electrons. The second kappa shape index (κ2) is 8.99. The minimum Gasteiger partial charge on any atom is -0.340 e. The van der Waals surface area contributed by atoms with Gasteiger partial charge in [-0.2, -0.15) is 4.98 Å². The highest BCUT2D eigenvalue weighted by molar-refractivity contribution is 7.14. The Morgan fingerprint density at radius 1 is 1.13 bits per heavy atom. The third-order valence-electron chi connectivity index (χ3n) is 4.60. The summed E-state index contributed by atoms with van der Waals surface area (Å²) in [6.07, 6.45) is 3.43. The monoisotopic (exact) mass is 429 g/mol. The van der Waals surface area contributed by atoms with Crippen molar-refractivity contribution in [1.29, 1.82) is 0 Å². The SMILES string of the molecule is O=C(Cc1csc(NC(=O)c2ccccc2F)n1)Nc1nc(N2CCCCC2)n[nH]1. The smallest absolute Gasteiger partial charge is 0.260 e. The zero-order chi connectivity index (χ0) is 20.9. The topological polar surface area (TPSA) is 116 Å². The summed E-state index contributed by atoms with van der Waals surface area (Å²) in [6.45, 7) is 1.82. The van der Waals surface area contributed by atoms with Crippen LogP contribution in [0.2, 0.25) is 0 Å². The first-order valence-electron chi connectivity index (χ1n) is 9.56. The van der Waals surface area contributed by atoms with Crippen molar-refractivity contribution in [2.45, 2.75) is 25.7 Å². The van der Waals surface area contributed by atoms with Crippen LogP contribution in [0.3, 0.4) is 0 Å². The Balaban J connectivity index is 1.31. The van der Waals surface area contributed by atoms with Gasteiger partial charge in [0, 0.05) is 18.5 Å². The third-order valence-corrected chi connectivity index (χ3v) is 5.41. The quantitative estimate of drug-likeness (QED) is 0.555. The molecule has 0 bridgehead atoms. The first kappa shape index (κ1) is 20.0. The Morgan fingerprint density at radius 2 is 1.93 bits per heavy atom. The van der Waals surface area contributed by atoms with E-state index in [1.54, 1.807) is 11.4 Å². The second-order valence-electron chi connectivity index (χ2n) is 6.83. The first-order chi connectivity index (χ1) is 14.6. The van der Waals surface area contributed by atoms with Gasteiger partial charge in [0.15, 0.2) is 5.13 Å². The van der Waals surface area contributed by atoms with E-state index in [2.05, 4.69) is 35.7 Å². The zero-order valence-electron chi connectivity index (χ0n) is 16.0. The van der Waals surface area contributed by atoms with Gasteiger partial charge in [-0.05, 0) is 31.4 Å². The molecule has 30 heavy (non-hydrogen) atoms. The number of thiazole rings is 1. The maximum atomic E-state index is 13.7. The molecule has 2 amide bonds. The van der Waals surface area contributed by atoms with Crippen molar-refractivity contribution in [3.8, 4) is 0 Å². The lowest BCUT2D eigenvalue weighted by Crippen LogP contribution is -2.30. The van der Waals surface area contributed by atoms with Crippen LogP contribution in [0.1, 0.15) is 35.3 Å². The van der Waals surface area contributed by atoms with Gasteiger partial charge in [-0.3, -0.25) is 20.2 Å². The van der Waals surface area contributed by atoms with Gasteiger partial charge in [0.05, 0.1) is 17.7 Å². The number of aromatic nitrogens is 4. The number of nitrogens with zero attached hydrogens (tertiary/aromatic N) is 4. The van der Waals surface area contributed by atoms with Crippen molar-refractivity contribution in [2.24, 2.45) is 0 Å². The fourth-order valence-electron chi connectivity index (χ4n) is 3.14. The number of piperidine rings is 1. The molecule has 0 unspecified atom stereocenters. The lowest BCUT2D eigenvalue weighted by Gasteiger charge is -2.24. The van der Waals surface area contributed by atoms with Crippen molar-refractivity contribution >= 4 is 40.2 Å². The van der Waals surface area contributed by atoms with E-state index in [-0.39, 0.29) is 29.0 Å². The van der Waals surface area contributed by atoms with Crippen LogP contribution in [0.25, 0.3) is 0 Å². The number of hydrogen-bond acceptors (Lipinski definition) is 7.